The molecule has 2 amide bonds. The van der Waals surface area contributed by atoms with Gasteiger partial charge in [0.1, 0.15) is 12.0 Å². The summed E-state index contributed by atoms with van der Waals surface area (Å²) >= 11 is 0. The number of benzene rings is 1. The van der Waals surface area contributed by atoms with E-state index in [2.05, 4.69) is 5.32 Å². The van der Waals surface area contributed by atoms with Gasteiger partial charge in [-0.25, -0.2) is 4.39 Å². The lowest BCUT2D eigenvalue weighted by Gasteiger charge is -2.31. The minimum atomic E-state index is -0.570. The number of nitrogens with zero attached hydrogens (tertiary/aromatic N) is 1. The topological polar surface area (TPSA) is 58.6 Å². The maximum atomic E-state index is 12.7. The van der Waals surface area contributed by atoms with Gasteiger partial charge in [0.2, 0.25) is 5.91 Å². The number of fused-ring (bicyclic) bond motifs is 1. The summed E-state index contributed by atoms with van der Waals surface area (Å²) in [6, 6.07) is 6.18. The van der Waals surface area contributed by atoms with Crippen LogP contribution in [-0.4, -0.2) is 42.1 Å². The van der Waals surface area contributed by atoms with Crippen molar-refractivity contribution >= 4 is 11.8 Å². The quantitative estimate of drug-likeness (QED) is 0.813. The highest BCUT2D eigenvalue weighted by Crippen LogP contribution is 2.28. The zero-order valence-electron chi connectivity index (χ0n) is 10.8. The first kappa shape index (κ1) is 13.1. The second-order valence-electron chi connectivity index (χ2n) is 5.00. The molecule has 0 saturated carbocycles. The Labute approximate surface area is 115 Å². The third-order valence-corrected chi connectivity index (χ3v) is 3.62. The van der Waals surface area contributed by atoms with Crippen molar-refractivity contribution in [1.29, 1.82) is 0 Å². The lowest BCUT2D eigenvalue weighted by atomic mass is 10.1. The normalized spacial score (nSPS) is 24.2. The molecule has 2 fully saturated rings. The van der Waals surface area contributed by atoms with Gasteiger partial charge in [0.05, 0.1) is 13.0 Å². The van der Waals surface area contributed by atoms with E-state index in [1.54, 1.807) is 17.0 Å². The van der Waals surface area contributed by atoms with Gasteiger partial charge in [0, 0.05) is 6.54 Å². The van der Waals surface area contributed by atoms with Crippen LogP contribution in [0.3, 0.4) is 0 Å². The summed E-state index contributed by atoms with van der Waals surface area (Å²) in [7, 11) is 0. The smallest absolute Gasteiger partial charge is 0.251 e. The number of carbonyl (C=O) groups is 2. The Kier molecular flexibility index (Phi) is 3.40. The minimum Gasteiger partial charge on any atom is -0.353 e. The van der Waals surface area contributed by atoms with Crippen molar-refractivity contribution in [3.8, 4) is 0 Å². The number of amides is 2. The van der Waals surface area contributed by atoms with Crippen LogP contribution in [0, 0.1) is 5.82 Å². The molecule has 5 nitrogen and oxygen atoms in total. The largest absolute Gasteiger partial charge is 0.353 e. The van der Waals surface area contributed by atoms with Crippen LogP contribution in [0.5, 0.6) is 0 Å². The molecule has 3 rings (SSSR count). The average Bonchev–Trinajstić information content (AvgIpc) is 2.78. The molecule has 6 heteroatoms. The molecule has 2 saturated heterocycles. The summed E-state index contributed by atoms with van der Waals surface area (Å²) in [6.45, 7) is 0.800. The first-order chi connectivity index (χ1) is 9.63. The zero-order valence-corrected chi connectivity index (χ0v) is 10.8. The van der Waals surface area contributed by atoms with Crippen LogP contribution in [0.2, 0.25) is 0 Å². The Hall–Kier alpha value is -1.95. The fraction of sp³-hybridized carbons (Fsp3) is 0.429. The van der Waals surface area contributed by atoms with Crippen LogP contribution in [-0.2, 0) is 20.7 Å². The van der Waals surface area contributed by atoms with Crippen molar-refractivity contribution < 1.29 is 18.7 Å². The molecule has 2 aliphatic heterocycles. The molecule has 2 heterocycles. The Morgan fingerprint density at radius 3 is 2.80 bits per heavy atom. The van der Waals surface area contributed by atoms with Crippen molar-refractivity contribution in [3.63, 3.8) is 0 Å². The van der Waals surface area contributed by atoms with Crippen LogP contribution in [0.1, 0.15) is 12.0 Å². The minimum absolute atomic E-state index is 0.0385. The fourth-order valence-corrected chi connectivity index (χ4v) is 2.42. The Balaban J connectivity index is 1.43. The molecule has 1 aromatic rings. The molecular formula is C14H15FN2O3. The van der Waals surface area contributed by atoms with Crippen molar-refractivity contribution in [1.82, 2.24) is 10.2 Å². The van der Waals surface area contributed by atoms with Crippen molar-refractivity contribution in [2.24, 2.45) is 0 Å². The first-order valence-electron chi connectivity index (χ1n) is 6.60. The summed E-state index contributed by atoms with van der Waals surface area (Å²) in [5.41, 5.74) is 0.957. The number of β-lactam (4-membered cyclic amide) rings is 1. The molecule has 2 aliphatic rings. The molecule has 0 spiro atoms. The van der Waals surface area contributed by atoms with Crippen molar-refractivity contribution in [3.05, 3.63) is 35.6 Å². The molecule has 20 heavy (non-hydrogen) atoms. The van der Waals surface area contributed by atoms with E-state index in [1.807, 2.05) is 0 Å². The van der Waals surface area contributed by atoms with Crippen LogP contribution in [0.15, 0.2) is 24.3 Å². The second-order valence-corrected chi connectivity index (χ2v) is 5.00. The molecule has 0 unspecified atom stereocenters. The van der Waals surface area contributed by atoms with Gasteiger partial charge in [-0.05, 0) is 24.1 Å². The summed E-state index contributed by atoms with van der Waals surface area (Å²) < 4.78 is 18.2. The van der Waals surface area contributed by atoms with Gasteiger partial charge in [0.15, 0.2) is 6.10 Å². The van der Waals surface area contributed by atoms with Gasteiger partial charge in [-0.2, -0.15) is 0 Å². The van der Waals surface area contributed by atoms with Crippen LogP contribution >= 0.6 is 0 Å². The molecular weight excluding hydrogens is 263 g/mol. The maximum Gasteiger partial charge on any atom is 0.251 e. The number of ether oxygens (including phenoxy) is 1. The molecule has 2 atom stereocenters. The van der Waals surface area contributed by atoms with Crippen LogP contribution in [0.4, 0.5) is 4.39 Å². The van der Waals surface area contributed by atoms with Gasteiger partial charge in [0.25, 0.3) is 5.91 Å². The molecule has 0 aromatic heterocycles. The molecule has 0 aliphatic carbocycles. The van der Waals surface area contributed by atoms with Gasteiger partial charge in [-0.3, -0.25) is 9.59 Å². The third-order valence-electron chi connectivity index (χ3n) is 3.62. The van der Waals surface area contributed by atoms with Crippen LogP contribution in [0.25, 0.3) is 0 Å². The van der Waals surface area contributed by atoms with E-state index in [0.717, 1.165) is 5.56 Å². The molecule has 1 aromatic carbocycles. The maximum absolute atomic E-state index is 12.7. The summed E-state index contributed by atoms with van der Waals surface area (Å²) in [5, 5.41) is 2.78. The first-order valence-corrected chi connectivity index (χ1v) is 6.60. The van der Waals surface area contributed by atoms with Gasteiger partial charge >= 0.3 is 0 Å². The lowest BCUT2D eigenvalue weighted by Crippen LogP contribution is -2.48. The molecule has 1 N–H and O–H groups in total. The van der Waals surface area contributed by atoms with Gasteiger partial charge in [-0.15, -0.1) is 0 Å². The van der Waals surface area contributed by atoms with Gasteiger partial charge < -0.3 is 15.0 Å². The van der Waals surface area contributed by atoms with Crippen molar-refractivity contribution in [2.75, 3.05) is 13.1 Å². The SMILES string of the molecule is O=C(NCCc1ccc(F)cc1)[C@H]1CN2C(=O)C[C@@H]2O1. The average molecular weight is 278 g/mol. The zero-order chi connectivity index (χ0) is 14.1. The van der Waals surface area contributed by atoms with E-state index in [-0.39, 0.29) is 23.9 Å². The van der Waals surface area contributed by atoms with Gasteiger partial charge in [-0.1, -0.05) is 12.1 Å². The van der Waals surface area contributed by atoms with E-state index < -0.39 is 6.10 Å². The highest BCUT2D eigenvalue weighted by atomic mass is 19.1. The fourth-order valence-electron chi connectivity index (χ4n) is 2.42. The van der Waals surface area contributed by atoms with E-state index in [4.69, 9.17) is 4.74 Å². The van der Waals surface area contributed by atoms with E-state index in [9.17, 15) is 14.0 Å². The summed E-state index contributed by atoms with van der Waals surface area (Å²) in [6.07, 6.45) is 0.222. The van der Waals surface area contributed by atoms with E-state index >= 15 is 0 Å². The lowest BCUT2D eigenvalue weighted by molar-refractivity contribution is -0.158. The predicted molar refractivity (Wildman–Crippen MR) is 68.1 cm³/mol. The number of rotatable bonds is 4. The predicted octanol–water partition coefficient (Wildman–Crippen LogP) is 0.442. The van der Waals surface area contributed by atoms with E-state index in [1.165, 1.54) is 12.1 Å². The Morgan fingerprint density at radius 2 is 2.15 bits per heavy atom. The highest BCUT2D eigenvalue weighted by Gasteiger charge is 2.47. The monoisotopic (exact) mass is 278 g/mol. The summed E-state index contributed by atoms with van der Waals surface area (Å²) in [4.78, 5) is 24.6. The molecule has 0 bridgehead atoms. The standard InChI is InChI=1S/C14H15FN2O3/c15-10-3-1-9(2-4-10)5-6-16-14(19)11-8-17-12(18)7-13(17)20-11/h1-4,11,13H,5-8H2,(H,16,19)/t11-,13+/m1/s1. The number of nitrogens with one attached hydrogen (secondary N) is 1. The summed E-state index contributed by atoms with van der Waals surface area (Å²) in [5.74, 6) is -0.433. The van der Waals surface area contributed by atoms with Crippen molar-refractivity contribution in [2.45, 2.75) is 25.2 Å². The molecule has 0 radical (unpaired) electrons. The number of carbonyl (C=O) groups excluding carboxylic acids is 2. The Morgan fingerprint density at radius 1 is 1.40 bits per heavy atom. The Bertz CT molecular complexity index is 532. The number of hydrogen-bond donors (Lipinski definition) is 1. The third kappa shape index (κ3) is 2.51. The molecule has 106 valence electrons. The van der Waals surface area contributed by atoms with Crippen LogP contribution < -0.4 is 5.32 Å². The number of hydrogen-bond acceptors (Lipinski definition) is 3. The highest BCUT2D eigenvalue weighted by molar-refractivity contribution is 5.87. The van der Waals surface area contributed by atoms with E-state index in [0.29, 0.717) is 25.9 Å². The number of halogens is 1. The second kappa shape index (κ2) is 5.20.